The van der Waals surface area contributed by atoms with Gasteiger partial charge in [-0.2, -0.15) is 0 Å². The Balaban J connectivity index is 2.00. The zero-order valence-electron chi connectivity index (χ0n) is 23.6. The number of carbonyl (C=O) groups is 1. The number of rotatable bonds is 9. The lowest BCUT2D eigenvalue weighted by Gasteiger charge is -2.34. The fraction of sp³-hybridized carbons (Fsp3) is 0.548. The van der Waals surface area contributed by atoms with Crippen molar-refractivity contribution in [2.75, 3.05) is 7.11 Å². The molecule has 0 bridgehead atoms. The molecule has 1 saturated carbocycles. The zero-order chi connectivity index (χ0) is 26.8. The van der Waals surface area contributed by atoms with E-state index < -0.39 is 8.32 Å². The van der Waals surface area contributed by atoms with E-state index in [1.165, 1.54) is 12.8 Å². The molecule has 36 heavy (non-hydrogen) atoms. The van der Waals surface area contributed by atoms with Crippen molar-refractivity contribution in [1.29, 1.82) is 0 Å². The first-order chi connectivity index (χ1) is 16.7. The highest BCUT2D eigenvalue weighted by Gasteiger charge is 2.37. The number of hydrogen-bond donors (Lipinski definition) is 1. The van der Waals surface area contributed by atoms with Crippen molar-refractivity contribution in [1.82, 2.24) is 4.98 Å². The fourth-order valence-electron chi connectivity index (χ4n) is 4.52. The van der Waals surface area contributed by atoms with Gasteiger partial charge in [0, 0.05) is 34.4 Å². The number of aryl methyl sites for hydroxylation is 2. The molecule has 1 fully saturated rings. The highest BCUT2D eigenvalue weighted by molar-refractivity contribution is 6.72. The third-order valence-corrected chi connectivity index (χ3v) is 11.4. The summed E-state index contributed by atoms with van der Waals surface area (Å²) in [7, 11) is -0.623. The summed E-state index contributed by atoms with van der Waals surface area (Å²) < 4.78 is 5.65. The van der Waals surface area contributed by atoms with Gasteiger partial charge in [0.1, 0.15) is 0 Å². The molecule has 0 saturated heterocycles. The van der Waals surface area contributed by atoms with Crippen molar-refractivity contribution in [3.8, 4) is 17.7 Å². The number of benzene rings is 1. The number of ether oxygens (including phenoxy) is 1. The lowest BCUT2D eigenvalue weighted by molar-refractivity contribution is 0.103. The molecule has 1 N–H and O–H groups in total. The molecule has 5 heteroatoms. The first kappa shape index (κ1) is 28.2. The molecule has 1 aliphatic carbocycles. The second-order valence-corrected chi connectivity index (χ2v) is 16.4. The van der Waals surface area contributed by atoms with Crippen LogP contribution in [0.1, 0.15) is 103 Å². The van der Waals surface area contributed by atoms with Crippen molar-refractivity contribution < 1.29 is 14.3 Å². The summed E-state index contributed by atoms with van der Waals surface area (Å²) in [5, 5.41) is -0.0983. The van der Waals surface area contributed by atoms with Crippen molar-refractivity contribution >= 4 is 14.1 Å². The van der Waals surface area contributed by atoms with Crippen LogP contribution in [0.15, 0.2) is 18.2 Å². The molecule has 1 aromatic carbocycles. The van der Waals surface area contributed by atoms with E-state index in [0.717, 1.165) is 46.4 Å². The Morgan fingerprint density at radius 1 is 1.22 bits per heavy atom. The Labute approximate surface area is 219 Å². The maximum Gasteiger partial charge on any atom is 0.217 e. The number of aromatic nitrogens is 1. The molecule has 2 aromatic rings. The smallest absolute Gasteiger partial charge is 0.217 e. The van der Waals surface area contributed by atoms with Gasteiger partial charge in [-0.15, -0.1) is 0 Å². The largest absolute Gasteiger partial charge is 0.481 e. The highest BCUT2D eigenvalue weighted by atomic mass is 28.4. The molecule has 1 aromatic heterocycles. The molecule has 0 aliphatic heterocycles. The van der Waals surface area contributed by atoms with Crippen molar-refractivity contribution in [2.45, 2.75) is 97.7 Å². The van der Waals surface area contributed by atoms with Gasteiger partial charge in [0.25, 0.3) is 0 Å². The van der Waals surface area contributed by atoms with Crippen molar-refractivity contribution in [3.05, 3.63) is 57.3 Å². The second-order valence-electron chi connectivity index (χ2n) is 11.9. The average molecular weight is 506 g/mol. The molecule has 194 valence electrons. The van der Waals surface area contributed by atoms with Gasteiger partial charge < -0.3 is 9.53 Å². The first-order valence-electron chi connectivity index (χ1n) is 13.2. The summed E-state index contributed by atoms with van der Waals surface area (Å²) in [6, 6.07) is 5.92. The van der Waals surface area contributed by atoms with Crippen molar-refractivity contribution in [2.24, 2.45) is 5.92 Å². The van der Waals surface area contributed by atoms with Crippen LogP contribution in [0.4, 0.5) is 0 Å². The van der Waals surface area contributed by atoms with Crippen LogP contribution in [0, 0.1) is 31.6 Å². The molecule has 4 nitrogen and oxygen atoms in total. The van der Waals surface area contributed by atoms with Gasteiger partial charge in [-0.3, -0.25) is 4.79 Å². The number of hydrogen-bond acceptors (Lipinski definition) is 4. The SMILES string of the molecule is COc1nc(C)c(CC2CC2)c(C(=O)c2cc(C)cc(C#CCCC(C)(C)[Si](C)(C)O)c2)c1C(C)C. The van der Waals surface area contributed by atoms with Crippen LogP contribution in [0.3, 0.4) is 0 Å². The molecule has 0 unspecified atom stereocenters. The van der Waals surface area contributed by atoms with E-state index >= 15 is 0 Å². The molecule has 0 radical (unpaired) electrons. The quantitative estimate of drug-likeness (QED) is 0.224. The topological polar surface area (TPSA) is 59.4 Å². The lowest BCUT2D eigenvalue weighted by atomic mass is 9.86. The van der Waals surface area contributed by atoms with Gasteiger partial charge in [-0.05, 0) is 98.8 Å². The third kappa shape index (κ3) is 6.46. The van der Waals surface area contributed by atoms with Crippen LogP contribution >= 0.6 is 0 Å². The van der Waals surface area contributed by atoms with Crippen LogP contribution in [0.2, 0.25) is 18.1 Å². The van der Waals surface area contributed by atoms with Gasteiger partial charge in [0.05, 0.1) is 7.11 Å². The number of ketones is 1. The zero-order valence-corrected chi connectivity index (χ0v) is 24.6. The minimum atomic E-state index is -2.25. The van der Waals surface area contributed by atoms with Crippen LogP contribution in [0.5, 0.6) is 5.88 Å². The van der Waals surface area contributed by atoms with Crippen LogP contribution in [0.25, 0.3) is 0 Å². The number of nitrogens with zero attached hydrogens (tertiary/aromatic N) is 1. The van der Waals surface area contributed by atoms with E-state index in [4.69, 9.17) is 9.72 Å². The van der Waals surface area contributed by atoms with E-state index in [9.17, 15) is 9.59 Å². The Hall–Kier alpha value is -2.42. The van der Waals surface area contributed by atoms with E-state index in [1.807, 2.05) is 45.1 Å². The molecule has 0 amide bonds. The highest BCUT2D eigenvalue weighted by Crippen LogP contribution is 2.40. The van der Waals surface area contributed by atoms with Gasteiger partial charge in [0.15, 0.2) is 14.1 Å². The normalized spacial score (nSPS) is 14.0. The Bertz CT molecular complexity index is 1190. The first-order valence-corrected chi connectivity index (χ1v) is 16.1. The van der Waals surface area contributed by atoms with Crippen LogP contribution in [-0.4, -0.2) is 31.0 Å². The summed E-state index contributed by atoms with van der Waals surface area (Å²) in [6.45, 7) is 16.4. The minimum Gasteiger partial charge on any atom is -0.481 e. The predicted octanol–water partition coefficient (Wildman–Crippen LogP) is 7.12. The molecule has 0 atom stereocenters. The number of methoxy groups -OCH3 is 1. The summed E-state index contributed by atoms with van der Waals surface area (Å²) in [5.41, 5.74) is 6.15. The lowest BCUT2D eigenvalue weighted by Crippen LogP contribution is -2.38. The standard InChI is InChI=1S/C31H43NO3Si/c1-20(2)27-28(26(19-23-13-14-23)22(4)32-30(27)35-7)29(33)25-17-21(3)16-24(18-25)12-10-11-15-31(5,6)36(8,9)34/h16-18,20,23,34H,11,13-15,19H2,1-9H3. The Morgan fingerprint density at radius 3 is 2.44 bits per heavy atom. The minimum absolute atomic E-state index is 0.0269. The van der Waals surface area contributed by atoms with Gasteiger partial charge >= 0.3 is 0 Å². The van der Waals surface area contributed by atoms with Gasteiger partial charge in [0.2, 0.25) is 5.88 Å². The maximum absolute atomic E-state index is 14.1. The molecule has 1 heterocycles. The summed E-state index contributed by atoms with van der Waals surface area (Å²) in [6.07, 6.45) is 4.89. The third-order valence-electron chi connectivity index (χ3n) is 7.80. The molecule has 0 spiro atoms. The van der Waals surface area contributed by atoms with Crippen molar-refractivity contribution in [3.63, 3.8) is 0 Å². The van der Waals surface area contributed by atoms with E-state index in [-0.39, 0.29) is 16.7 Å². The van der Waals surface area contributed by atoms with E-state index in [1.54, 1.807) is 7.11 Å². The van der Waals surface area contributed by atoms with Crippen LogP contribution in [-0.2, 0) is 6.42 Å². The molecular weight excluding hydrogens is 462 g/mol. The van der Waals surface area contributed by atoms with Crippen LogP contribution < -0.4 is 4.74 Å². The Morgan fingerprint density at radius 2 is 1.89 bits per heavy atom. The molecule has 1 aliphatic rings. The number of carbonyl (C=O) groups excluding carboxylic acids is 1. The second kappa shape index (κ2) is 10.9. The van der Waals surface area contributed by atoms with E-state index in [2.05, 4.69) is 39.5 Å². The average Bonchev–Trinajstić information content (AvgIpc) is 3.60. The summed E-state index contributed by atoms with van der Waals surface area (Å²) in [5.74, 6) is 7.89. The molecule has 3 rings (SSSR count). The van der Waals surface area contributed by atoms with Gasteiger partial charge in [-0.1, -0.05) is 39.5 Å². The Kier molecular flexibility index (Phi) is 8.53. The molecular formula is C31H43NO3Si. The summed E-state index contributed by atoms with van der Waals surface area (Å²) in [4.78, 5) is 29.4. The maximum atomic E-state index is 14.1. The predicted molar refractivity (Wildman–Crippen MR) is 151 cm³/mol. The monoisotopic (exact) mass is 505 g/mol. The van der Waals surface area contributed by atoms with E-state index in [0.29, 0.717) is 23.8 Å². The fourth-order valence-corrected chi connectivity index (χ4v) is 5.25. The number of pyridine rings is 1. The summed E-state index contributed by atoms with van der Waals surface area (Å²) >= 11 is 0. The van der Waals surface area contributed by atoms with Gasteiger partial charge in [-0.25, -0.2) is 4.98 Å².